The van der Waals surface area contributed by atoms with Crippen molar-refractivity contribution >= 4 is 0 Å². The molecule has 1 rings (SSSR count). The smallest absolute Gasteiger partial charge is 0.0745 e. The highest BCUT2D eigenvalue weighted by atomic mass is 16.5. The molecule has 0 bridgehead atoms. The minimum absolute atomic E-state index is 0.330. The van der Waals surface area contributed by atoms with Crippen LogP contribution in [0.3, 0.4) is 0 Å². The molecule has 3 heteroatoms. The van der Waals surface area contributed by atoms with Gasteiger partial charge in [-0.05, 0) is 32.9 Å². The van der Waals surface area contributed by atoms with Gasteiger partial charge in [-0.25, -0.2) is 0 Å². The average molecular weight is 173 g/mol. The standard InChI is InChI=1S/C9H19NO2/c1-9(11)8-12-7-6-10-4-2-3-5-10/h9,11H,2-8H2,1H3. The zero-order valence-corrected chi connectivity index (χ0v) is 7.83. The molecule has 1 aliphatic heterocycles. The predicted molar refractivity (Wildman–Crippen MR) is 48.2 cm³/mol. The fourth-order valence-electron chi connectivity index (χ4n) is 1.45. The lowest BCUT2D eigenvalue weighted by molar-refractivity contribution is 0.0379. The molecule has 0 radical (unpaired) electrons. The summed E-state index contributed by atoms with van der Waals surface area (Å²) in [7, 11) is 0. The first-order chi connectivity index (χ1) is 5.79. The van der Waals surface area contributed by atoms with Crippen LogP contribution in [0.4, 0.5) is 0 Å². The number of hydrogen-bond donors (Lipinski definition) is 1. The molecule has 1 atom stereocenters. The van der Waals surface area contributed by atoms with Gasteiger partial charge in [0, 0.05) is 6.54 Å². The molecular weight excluding hydrogens is 154 g/mol. The highest BCUT2D eigenvalue weighted by Crippen LogP contribution is 2.05. The monoisotopic (exact) mass is 173 g/mol. The van der Waals surface area contributed by atoms with Gasteiger partial charge in [0.2, 0.25) is 0 Å². The molecule has 1 unspecified atom stereocenters. The lowest BCUT2D eigenvalue weighted by Crippen LogP contribution is -2.25. The van der Waals surface area contributed by atoms with Crippen LogP contribution in [-0.4, -0.2) is 49.0 Å². The van der Waals surface area contributed by atoms with E-state index in [9.17, 15) is 0 Å². The van der Waals surface area contributed by atoms with E-state index in [1.165, 1.54) is 25.9 Å². The third-order valence-electron chi connectivity index (χ3n) is 2.11. The van der Waals surface area contributed by atoms with Crippen molar-refractivity contribution in [3.05, 3.63) is 0 Å². The van der Waals surface area contributed by atoms with Crippen molar-refractivity contribution in [2.75, 3.05) is 32.8 Å². The van der Waals surface area contributed by atoms with Gasteiger partial charge in [-0.1, -0.05) is 0 Å². The van der Waals surface area contributed by atoms with Crippen LogP contribution in [-0.2, 0) is 4.74 Å². The van der Waals surface area contributed by atoms with E-state index in [0.29, 0.717) is 6.61 Å². The molecule has 0 amide bonds. The summed E-state index contributed by atoms with van der Waals surface area (Å²) < 4.78 is 5.27. The molecule has 0 aromatic carbocycles. The van der Waals surface area contributed by atoms with Gasteiger partial charge in [0.1, 0.15) is 0 Å². The Balaban J connectivity index is 1.88. The maximum absolute atomic E-state index is 8.91. The summed E-state index contributed by atoms with van der Waals surface area (Å²) in [6.45, 7) is 6.43. The minimum Gasteiger partial charge on any atom is -0.391 e. The van der Waals surface area contributed by atoms with E-state index >= 15 is 0 Å². The predicted octanol–water partition coefficient (Wildman–Crippen LogP) is 0.480. The number of ether oxygens (including phenoxy) is 1. The molecule has 3 nitrogen and oxygen atoms in total. The van der Waals surface area contributed by atoms with Gasteiger partial charge in [0.05, 0.1) is 19.3 Å². The first-order valence-corrected chi connectivity index (χ1v) is 4.77. The summed E-state index contributed by atoms with van der Waals surface area (Å²) in [6, 6.07) is 0. The topological polar surface area (TPSA) is 32.7 Å². The molecule has 12 heavy (non-hydrogen) atoms. The van der Waals surface area contributed by atoms with Crippen LogP contribution >= 0.6 is 0 Å². The third-order valence-corrected chi connectivity index (χ3v) is 2.11. The highest BCUT2D eigenvalue weighted by molar-refractivity contribution is 4.65. The van der Waals surface area contributed by atoms with Crippen molar-refractivity contribution < 1.29 is 9.84 Å². The number of hydrogen-bond acceptors (Lipinski definition) is 3. The van der Waals surface area contributed by atoms with Gasteiger partial charge in [-0.15, -0.1) is 0 Å². The molecule has 0 aromatic rings. The van der Waals surface area contributed by atoms with E-state index in [4.69, 9.17) is 9.84 Å². The number of likely N-dealkylation sites (tertiary alicyclic amines) is 1. The number of rotatable bonds is 5. The molecule has 1 heterocycles. The maximum atomic E-state index is 8.91. The summed E-state index contributed by atoms with van der Waals surface area (Å²) in [5.41, 5.74) is 0. The van der Waals surface area contributed by atoms with Crippen LogP contribution in [0.15, 0.2) is 0 Å². The van der Waals surface area contributed by atoms with Crippen molar-refractivity contribution in [2.45, 2.75) is 25.9 Å². The second-order valence-corrected chi connectivity index (χ2v) is 3.47. The van der Waals surface area contributed by atoms with Gasteiger partial charge in [0.25, 0.3) is 0 Å². The Morgan fingerprint density at radius 1 is 1.42 bits per heavy atom. The Hall–Kier alpha value is -0.120. The normalized spacial score (nSPS) is 21.5. The quantitative estimate of drug-likeness (QED) is 0.614. The van der Waals surface area contributed by atoms with E-state index in [1.807, 2.05) is 0 Å². The summed E-state index contributed by atoms with van der Waals surface area (Å²) in [5, 5.41) is 8.91. The van der Waals surface area contributed by atoms with Gasteiger partial charge >= 0.3 is 0 Å². The summed E-state index contributed by atoms with van der Waals surface area (Å²) >= 11 is 0. The Kier molecular flexibility index (Phi) is 4.58. The first kappa shape index (κ1) is 9.96. The van der Waals surface area contributed by atoms with Crippen molar-refractivity contribution in [1.29, 1.82) is 0 Å². The van der Waals surface area contributed by atoms with Crippen LogP contribution in [0, 0.1) is 0 Å². The SMILES string of the molecule is CC(O)COCCN1CCCC1. The Morgan fingerprint density at radius 2 is 2.08 bits per heavy atom. The molecule has 1 aliphatic rings. The lowest BCUT2D eigenvalue weighted by atomic mass is 10.4. The molecule has 0 aliphatic carbocycles. The van der Waals surface area contributed by atoms with Crippen LogP contribution < -0.4 is 0 Å². The van der Waals surface area contributed by atoms with Crippen LogP contribution in [0.1, 0.15) is 19.8 Å². The van der Waals surface area contributed by atoms with Crippen molar-refractivity contribution in [3.8, 4) is 0 Å². The van der Waals surface area contributed by atoms with E-state index in [1.54, 1.807) is 6.92 Å². The van der Waals surface area contributed by atoms with Crippen molar-refractivity contribution in [3.63, 3.8) is 0 Å². The summed E-state index contributed by atoms with van der Waals surface area (Å²) in [6.07, 6.45) is 2.33. The second-order valence-electron chi connectivity index (χ2n) is 3.47. The Bertz CT molecular complexity index is 111. The largest absolute Gasteiger partial charge is 0.391 e. The van der Waals surface area contributed by atoms with E-state index in [2.05, 4.69) is 4.90 Å². The molecule has 1 saturated heterocycles. The average Bonchev–Trinajstić information content (AvgIpc) is 2.49. The van der Waals surface area contributed by atoms with Gasteiger partial charge in [-0.3, -0.25) is 0 Å². The fraction of sp³-hybridized carbons (Fsp3) is 1.00. The van der Waals surface area contributed by atoms with E-state index < -0.39 is 0 Å². The number of aliphatic hydroxyl groups is 1. The summed E-state index contributed by atoms with van der Waals surface area (Å²) in [5.74, 6) is 0. The molecule has 0 saturated carbocycles. The molecule has 72 valence electrons. The first-order valence-electron chi connectivity index (χ1n) is 4.77. The van der Waals surface area contributed by atoms with Gasteiger partial charge in [-0.2, -0.15) is 0 Å². The van der Waals surface area contributed by atoms with Gasteiger partial charge < -0.3 is 14.7 Å². The van der Waals surface area contributed by atoms with Crippen LogP contribution in [0.5, 0.6) is 0 Å². The minimum atomic E-state index is -0.330. The van der Waals surface area contributed by atoms with Crippen LogP contribution in [0.2, 0.25) is 0 Å². The second kappa shape index (κ2) is 5.51. The Labute approximate surface area is 74.3 Å². The van der Waals surface area contributed by atoms with Gasteiger partial charge in [0.15, 0.2) is 0 Å². The molecule has 1 fully saturated rings. The highest BCUT2D eigenvalue weighted by Gasteiger charge is 2.10. The molecular formula is C9H19NO2. The fourth-order valence-corrected chi connectivity index (χ4v) is 1.45. The van der Waals surface area contributed by atoms with Crippen molar-refractivity contribution in [1.82, 2.24) is 4.90 Å². The molecule has 0 aromatic heterocycles. The third kappa shape index (κ3) is 4.04. The zero-order chi connectivity index (χ0) is 8.81. The molecule has 0 spiro atoms. The summed E-state index contributed by atoms with van der Waals surface area (Å²) in [4.78, 5) is 2.40. The maximum Gasteiger partial charge on any atom is 0.0745 e. The number of aliphatic hydroxyl groups excluding tert-OH is 1. The zero-order valence-electron chi connectivity index (χ0n) is 7.83. The lowest BCUT2D eigenvalue weighted by Gasteiger charge is -2.14. The van der Waals surface area contributed by atoms with E-state index in [0.717, 1.165) is 13.2 Å². The molecule has 1 N–H and O–H groups in total. The van der Waals surface area contributed by atoms with E-state index in [-0.39, 0.29) is 6.10 Å². The number of nitrogens with zero attached hydrogens (tertiary/aromatic N) is 1. The van der Waals surface area contributed by atoms with Crippen LogP contribution in [0.25, 0.3) is 0 Å². The Morgan fingerprint density at radius 3 is 2.67 bits per heavy atom. The van der Waals surface area contributed by atoms with Crippen molar-refractivity contribution in [2.24, 2.45) is 0 Å².